The molecular formula is C80H70N4. The summed E-state index contributed by atoms with van der Waals surface area (Å²) in [7, 11) is 0. The molecule has 4 nitrogen and oxygen atoms in total. The second-order valence-corrected chi connectivity index (χ2v) is 24.1. The predicted octanol–water partition coefficient (Wildman–Crippen LogP) is 21.3. The van der Waals surface area contributed by atoms with Crippen LogP contribution in [0.25, 0.3) is 22.3 Å². The van der Waals surface area contributed by atoms with E-state index < -0.39 is 0 Å². The van der Waals surface area contributed by atoms with E-state index in [1.807, 2.05) is 0 Å². The number of nitrogens with zero attached hydrogens (tertiary/aromatic N) is 4. The summed E-state index contributed by atoms with van der Waals surface area (Å²) in [6.45, 7) is 4.35. The Morgan fingerprint density at radius 2 is 0.619 bits per heavy atom. The van der Waals surface area contributed by atoms with Gasteiger partial charge in [-0.05, 0) is 217 Å². The highest BCUT2D eigenvalue weighted by Crippen LogP contribution is 2.54. The van der Waals surface area contributed by atoms with Crippen LogP contribution in [0.3, 0.4) is 0 Å². The Hall–Kier alpha value is -9.38. The maximum atomic E-state index is 2.63. The first-order chi connectivity index (χ1) is 41.4. The van der Waals surface area contributed by atoms with Crippen LogP contribution < -0.4 is 19.6 Å². The zero-order chi connectivity index (χ0) is 56.1. The largest absolute Gasteiger partial charge is 0.338 e. The number of fused-ring (bicyclic) bond motifs is 6. The molecule has 0 radical (unpaired) electrons. The Morgan fingerprint density at radius 1 is 0.310 bits per heavy atom. The first kappa shape index (κ1) is 51.5. The highest BCUT2D eigenvalue weighted by Gasteiger charge is 2.43. The van der Waals surface area contributed by atoms with Gasteiger partial charge in [0.1, 0.15) is 0 Å². The van der Waals surface area contributed by atoms with Crippen molar-refractivity contribution in [2.75, 3.05) is 19.6 Å². The van der Waals surface area contributed by atoms with Gasteiger partial charge in [0.25, 0.3) is 0 Å². The van der Waals surface area contributed by atoms with Gasteiger partial charge in [-0.1, -0.05) is 182 Å². The molecule has 4 atom stereocenters. The third-order valence-electron chi connectivity index (χ3n) is 18.8. The van der Waals surface area contributed by atoms with Crippen molar-refractivity contribution in [3.05, 3.63) is 311 Å². The van der Waals surface area contributed by atoms with Crippen molar-refractivity contribution in [3.63, 3.8) is 0 Å². The van der Waals surface area contributed by atoms with E-state index in [9.17, 15) is 0 Å². The normalized spacial score (nSPS) is 17.4. The van der Waals surface area contributed by atoms with Gasteiger partial charge in [-0.25, -0.2) is 0 Å². The Balaban J connectivity index is 0.625. The average Bonchev–Trinajstić information content (AvgIpc) is 3.38. The van der Waals surface area contributed by atoms with Crippen LogP contribution in [0, 0.1) is 13.8 Å². The van der Waals surface area contributed by atoms with E-state index in [0.29, 0.717) is 23.9 Å². The van der Waals surface area contributed by atoms with Gasteiger partial charge in [0.15, 0.2) is 0 Å². The lowest BCUT2D eigenvalue weighted by molar-refractivity contribution is 0.641. The highest BCUT2D eigenvalue weighted by molar-refractivity contribution is 5.82. The number of benzene rings is 11. The SMILES string of the molecule is Cc1ccc(N2c3ccc(Cc4ccc(N(c5ccccc5)c5ccc(-c6ccc(-c7ccc(N(c8ccccc8)c8ccc(Cc9ccc%10c(c9)C9CCCC9N%10c9ccc(C)cc9)cc8)cc7)cc6)cc5)cc4)cc3C3CCCC32)cc1. The third kappa shape index (κ3) is 9.83. The van der Waals surface area contributed by atoms with Gasteiger partial charge in [-0.3, -0.25) is 0 Å². The first-order valence-electron chi connectivity index (χ1n) is 30.6. The van der Waals surface area contributed by atoms with Crippen molar-refractivity contribution < 1.29 is 0 Å². The molecule has 4 unspecified atom stereocenters. The molecule has 410 valence electrons. The minimum absolute atomic E-state index is 0.561. The lowest BCUT2D eigenvalue weighted by Crippen LogP contribution is -2.26. The fourth-order valence-corrected chi connectivity index (χ4v) is 14.6. The minimum atomic E-state index is 0.561. The van der Waals surface area contributed by atoms with E-state index >= 15 is 0 Å². The maximum absolute atomic E-state index is 2.63. The van der Waals surface area contributed by atoms with Crippen molar-refractivity contribution in [3.8, 4) is 22.3 Å². The van der Waals surface area contributed by atoms with Crippen LogP contribution in [-0.2, 0) is 12.8 Å². The zero-order valence-electron chi connectivity index (χ0n) is 48.2. The topological polar surface area (TPSA) is 13.0 Å². The molecule has 0 aromatic heterocycles. The summed E-state index contributed by atoms with van der Waals surface area (Å²) in [6.07, 6.45) is 9.49. The molecule has 4 heteroatoms. The van der Waals surface area contributed by atoms with Crippen molar-refractivity contribution in [2.45, 2.75) is 89.1 Å². The Morgan fingerprint density at radius 3 is 0.976 bits per heavy atom. The molecule has 11 aromatic rings. The van der Waals surface area contributed by atoms with E-state index in [-0.39, 0.29) is 0 Å². The fourth-order valence-electron chi connectivity index (χ4n) is 14.6. The molecule has 2 aliphatic heterocycles. The summed E-state index contributed by atoms with van der Waals surface area (Å²) in [5.41, 5.74) is 28.1. The molecular weight excluding hydrogens is 1020 g/mol. The standard InChI is InChI=1S/C80H70N4/c1-55-19-37-71(38-20-55)83-77-17-9-15-73(77)75-53-59(27-49-79(75)83)51-57-23-41-67(42-24-57)81(65-11-5-3-6-12-65)69-45-33-63(34-46-69)61-29-31-62(32-30-61)64-35-47-70(48-36-64)82(66-13-7-4-8-14-66)68-43-25-58(26-44-68)52-60-28-50-80-76(54-60)74-16-10-18-78(74)84(80)72-39-21-56(2)22-40-72/h3-8,11-14,19-50,53-54,73-74,77-78H,9-10,15-18,51-52H2,1-2H3. The van der Waals surface area contributed by atoms with E-state index in [2.05, 4.69) is 300 Å². The molecule has 84 heavy (non-hydrogen) atoms. The van der Waals surface area contributed by atoms with Crippen LogP contribution in [0.1, 0.15) is 94.9 Å². The lowest BCUT2D eigenvalue weighted by atomic mass is 9.94. The van der Waals surface area contributed by atoms with Crippen LogP contribution in [0.15, 0.2) is 267 Å². The van der Waals surface area contributed by atoms with Crippen LogP contribution in [-0.4, -0.2) is 12.1 Å². The summed E-state index contributed by atoms with van der Waals surface area (Å²) < 4.78 is 0. The number of rotatable bonds is 14. The molecule has 15 rings (SSSR count). The quantitative estimate of drug-likeness (QED) is 0.108. The third-order valence-corrected chi connectivity index (χ3v) is 18.8. The molecule has 2 fully saturated rings. The van der Waals surface area contributed by atoms with E-state index in [1.165, 1.54) is 128 Å². The van der Waals surface area contributed by atoms with Crippen LogP contribution in [0.5, 0.6) is 0 Å². The van der Waals surface area contributed by atoms with Crippen LogP contribution in [0.2, 0.25) is 0 Å². The van der Waals surface area contributed by atoms with Gasteiger partial charge in [0.2, 0.25) is 0 Å². The van der Waals surface area contributed by atoms with Crippen molar-refractivity contribution in [1.82, 2.24) is 0 Å². The van der Waals surface area contributed by atoms with Crippen molar-refractivity contribution >= 4 is 56.9 Å². The molecule has 0 bridgehead atoms. The van der Waals surface area contributed by atoms with Gasteiger partial charge in [0, 0.05) is 80.8 Å². The van der Waals surface area contributed by atoms with Gasteiger partial charge in [-0.15, -0.1) is 0 Å². The van der Waals surface area contributed by atoms with Gasteiger partial charge in [0.05, 0.1) is 0 Å². The lowest BCUT2D eigenvalue weighted by Gasteiger charge is -2.27. The van der Waals surface area contributed by atoms with Gasteiger partial charge >= 0.3 is 0 Å². The van der Waals surface area contributed by atoms with Crippen molar-refractivity contribution in [1.29, 1.82) is 0 Å². The molecule has 4 aliphatic rings. The minimum Gasteiger partial charge on any atom is -0.338 e. The Labute approximate surface area is 496 Å². The average molecular weight is 1090 g/mol. The molecule has 0 N–H and O–H groups in total. The maximum Gasteiger partial charge on any atom is 0.0462 e. The predicted molar refractivity (Wildman–Crippen MR) is 353 cm³/mol. The van der Waals surface area contributed by atoms with Crippen LogP contribution >= 0.6 is 0 Å². The monoisotopic (exact) mass is 1090 g/mol. The molecule has 2 heterocycles. The number of para-hydroxylation sites is 2. The van der Waals surface area contributed by atoms with Crippen molar-refractivity contribution in [2.24, 2.45) is 0 Å². The first-order valence-corrected chi connectivity index (χ1v) is 30.6. The number of hydrogen-bond donors (Lipinski definition) is 0. The van der Waals surface area contributed by atoms with Gasteiger partial charge in [-0.2, -0.15) is 0 Å². The Kier molecular flexibility index (Phi) is 13.5. The second kappa shape index (κ2) is 22.1. The van der Waals surface area contributed by atoms with Crippen LogP contribution in [0.4, 0.5) is 56.9 Å². The molecule has 0 amide bonds. The number of aryl methyl sites for hydroxylation is 2. The fraction of sp³-hybridized carbons (Fsp3) is 0.175. The molecule has 11 aromatic carbocycles. The van der Waals surface area contributed by atoms with E-state index in [0.717, 1.165) is 47.0 Å². The van der Waals surface area contributed by atoms with Gasteiger partial charge < -0.3 is 19.6 Å². The zero-order valence-corrected chi connectivity index (χ0v) is 48.2. The highest BCUT2D eigenvalue weighted by atomic mass is 15.2. The number of hydrogen-bond acceptors (Lipinski definition) is 4. The molecule has 0 saturated heterocycles. The summed E-state index contributed by atoms with van der Waals surface area (Å²) in [5.74, 6) is 1.22. The smallest absolute Gasteiger partial charge is 0.0462 e. The second-order valence-electron chi connectivity index (χ2n) is 24.1. The molecule has 2 saturated carbocycles. The van der Waals surface area contributed by atoms with E-state index in [1.54, 1.807) is 0 Å². The molecule has 0 spiro atoms. The Bertz CT molecular complexity index is 3810. The summed E-state index contributed by atoms with van der Waals surface area (Å²) >= 11 is 0. The molecule has 2 aliphatic carbocycles. The summed E-state index contributed by atoms with van der Waals surface area (Å²) in [6, 6.07) is 101. The number of anilines is 10. The summed E-state index contributed by atoms with van der Waals surface area (Å²) in [4.78, 5) is 9.99. The van der Waals surface area contributed by atoms with E-state index in [4.69, 9.17) is 0 Å². The summed E-state index contributed by atoms with van der Waals surface area (Å²) in [5, 5.41) is 0.